The van der Waals surface area contributed by atoms with Gasteiger partial charge in [0.05, 0.1) is 12.6 Å². The Bertz CT molecular complexity index is 148. The van der Waals surface area contributed by atoms with Crippen LogP contribution >= 0.6 is 0 Å². The Morgan fingerprint density at radius 1 is 1.80 bits per heavy atom. The van der Waals surface area contributed by atoms with Gasteiger partial charge in [0.15, 0.2) is 0 Å². The molecule has 0 spiro atoms. The van der Waals surface area contributed by atoms with Crippen molar-refractivity contribution in [3.8, 4) is 0 Å². The molecule has 0 aromatic carbocycles. The van der Waals surface area contributed by atoms with E-state index in [1.807, 2.05) is 6.92 Å². The molecule has 0 aromatic heterocycles. The Labute approximate surface area is 59.1 Å². The molecule has 1 saturated heterocycles. The monoisotopic (exact) mass is 145 g/mol. The number of amides is 1. The van der Waals surface area contributed by atoms with Gasteiger partial charge in [0, 0.05) is 6.54 Å². The SMILES string of the molecule is C[C@@H]1CN(C(=O)O)[C@@H]1CO. The minimum Gasteiger partial charge on any atom is -0.465 e. The van der Waals surface area contributed by atoms with Gasteiger partial charge in [-0.05, 0) is 5.92 Å². The molecule has 1 amide bonds. The Balaban J connectivity index is 2.45. The molecule has 1 aliphatic rings. The number of nitrogens with zero attached hydrogens (tertiary/aromatic N) is 1. The third-order valence-electron chi connectivity index (χ3n) is 1.97. The Morgan fingerprint density at radius 3 is 2.60 bits per heavy atom. The molecule has 2 N–H and O–H groups in total. The molecule has 58 valence electrons. The van der Waals surface area contributed by atoms with Crippen LogP contribution in [0.2, 0.25) is 0 Å². The number of carboxylic acid groups (broad SMARTS) is 1. The molecule has 1 aliphatic heterocycles. The third kappa shape index (κ3) is 0.945. The number of aliphatic hydroxyl groups is 1. The first-order valence-electron chi connectivity index (χ1n) is 3.27. The maximum Gasteiger partial charge on any atom is 0.407 e. The van der Waals surface area contributed by atoms with Crippen molar-refractivity contribution in [1.29, 1.82) is 0 Å². The van der Waals surface area contributed by atoms with Crippen molar-refractivity contribution in [3.05, 3.63) is 0 Å². The molecular formula is C6H11NO3. The molecule has 0 bridgehead atoms. The molecule has 0 unspecified atom stereocenters. The lowest BCUT2D eigenvalue weighted by Crippen LogP contribution is -2.58. The van der Waals surface area contributed by atoms with Gasteiger partial charge in [-0.1, -0.05) is 6.92 Å². The minimum atomic E-state index is -0.933. The second-order valence-corrected chi connectivity index (χ2v) is 2.66. The van der Waals surface area contributed by atoms with Gasteiger partial charge in [0.2, 0.25) is 0 Å². The number of likely N-dealkylation sites (tertiary alicyclic amines) is 1. The average molecular weight is 145 g/mol. The number of hydrogen-bond donors (Lipinski definition) is 2. The van der Waals surface area contributed by atoms with Gasteiger partial charge in [-0.3, -0.25) is 0 Å². The molecule has 4 nitrogen and oxygen atoms in total. The fraction of sp³-hybridized carbons (Fsp3) is 0.833. The van der Waals surface area contributed by atoms with Crippen LogP contribution in [-0.4, -0.2) is 40.4 Å². The van der Waals surface area contributed by atoms with E-state index in [1.165, 1.54) is 4.90 Å². The molecule has 1 heterocycles. The van der Waals surface area contributed by atoms with Gasteiger partial charge >= 0.3 is 6.09 Å². The molecule has 2 atom stereocenters. The second kappa shape index (κ2) is 2.46. The highest BCUT2D eigenvalue weighted by Gasteiger charge is 2.38. The summed E-state index contributed by atoms with van der Waals surface area (Å²) in [4.78, 5) is 11.6. The van der Waals surface area contributed by atoms with Crippen LogP contribution in [0.25, 0.3) is 0 Å². The lowest BCUT2D eigenvalue weighted by atomic mass is 9.92. The number of hydrogen-bond acceptors (Lipinski definition) is 2. The van der Waals surface area contributed by atoms with E-state index in [-0.39, 0.29) is 12.6 Å². The molecule has 0 radical (unpaired) electrons. The lowest BCUT2D eigenvalue weighted by molar-refractivity contribution is 0.000718. The predicted molar refractivity (Wildman–Crippen MR) is 34.8 cm³/mol. The molecule has 0 saturated carbocycles. The van der Waals surface area contributed by atoms with Gasteiger partial charge in [-0.2, -0.15) is 0 Å². The van der Waals surface area contributed by atoms with Gasteiger partial charge in [0.1, 0.15) is 0 Å². The van der Waals surface area contributed by atoms with E-state index in [4.69, 9.17) is 10.2 Å². The summed E-state index contributed by atoms with van der Waals surface area (Å²) in [5.74, 6) is 0.307. The van der Waals surface area contributed by atoms with E-state index in [0.717, 1.165) is 0 Å². The van der Waals surface area contributed by atoms with Crippen LogP contribution in [0.15, 0.2) is 0 Å². The molecule has 1 rings (SSSR count). The molecular weight excluding hydrogens is 134 g/mol. The van der Waals surface area contributed by atoms with E-state index in [9.17, 15) is 4.79 Å². The van der Waals surface area contributed by atoms with Crippen molar-refractivity contribution in [2.45, 2.75) is 13.0 Å². The maximum atomic E-state index is 10.3. The summed E-state index contributed by atoms with van der Waals surface area (Å²) in [5, 5.41) is 17.1. The summed E-state index contributed by atoms with van der Waals surface area (Å²) in [6, 6.07) is -0.169. The largest absolute Gasteiger partial charge is 0.465 e. The van der Waals surface area contributed by atoms with Gasteiger partial charge in [-0.25, -0.2) is 4.79 Å². The molecule has 4 heteroatoms. The maximum absolute atomic E-state index is 10.3. The summed E-state index contributed by atoms with van der Waals surface area (Å²) in [5.41, 5.74) is 0. The first-order chi connectivity index (χ1) is 4.66. The summed E-state index contributed by atoms with van der Waals surface area (Å²) in [6.45, 7) is 2.42. The Kier molecular flexibility index (Phi) is 1.80. The third-order valence-corrected chi connectivity index (χ3v) is 1.97. The Hall–Kier alpha value is -0.770. The fourth-order valence-electron chi connectivity index (χ4n) is 1.23. The average Bonchev–Trinajstić information content (AvgIpc) is 1.83. The van der Waals surface area contributed by atoms with Crippen molar-refractivity contribution in [2.24, 2.45) is 5.92 Å². The summed E-state index contributed by atoms with van der Waals surface area (Å²) >= 11 is 0. The van der Waals surface area contributed by atoms with E-state index in [2.05, 4.69) is 0 Å². The van der Waals surface area contributed by atoms with E-state index in [1.54, 1.807) is 0 Å². The van der Waals surface area contributed by atoms with Crippen molar-refractivity contribution < 1.29 is 15.0 Å². The van der Waals surface area contributed by atoms with Crippen molar-refractivity contribution in [1.82, 2.24) is 4.90 Å². The summed E-state index contributed by atoms with van der Waals surface area (Å²) < 4.78 is 0. The number of rotatable bonds is 1. The van der Waals surface area contributed by atoms with E-state index >= 15 is 0 Å². The van der Waals surface area contributed by atoms with Crippen LogP contribution in [0.4, 0.5) is 4.79 Å². The lowest BCUT2D eigenvalue weighted by Gasteiger charge is -2.43. The van der Waals surface area contributed by atoms with E-state index < -0.39 is 6.09 Å². The zero-order chi connectivity index (χ0) is 7.72. The van der Waals surface area contributed by atoms with Gasteiger partial charge in [0.25, 0.3) is 0 Å². The Morgan fingerprint density at radius 2 is 2.40 bits per heavy atom. The molecule has 0 aliphatic carbocycles. The number of aliphatic hydroxyl groups excluding tert-OH is 1. The standard InChI is InChI=1S/C6H11NO3/c1-4-2-7(6(9)10)5(4)3-8/h4-5,8H,2-3H2,1H3,(H,9,10)/t4-,5-/m1/s1. The van der Waals surface area contributed by atoms with Crippen LogP contribution in [0, 0.1) is 5.92 Å². The normalized spacial score (nSPS) is 31.6. The van der Waals surface area contributed by atoms with Gasteiger partial charge in [-0.15, -0.1) is 0 Å². The first-order valence-corrected chi connectivity index (χ1v) is 3.27. The molecule has 0 aromatic rings. The zero-order valence-corrected chi connectivity index (χ0v) is 5.82. The minimum absolute atomic E-state index is 0.0620. The van der Waals surface area contributed by atoms with Crippen LogP contribution in [-0.2, 0) is 0 Å². The second-order valence-electron chi connectivity index (χ2n) is 2.66. The fourth-order valence-corrected chi connectivity index (χ4v) is 1.23. The topological polar surface area (TPSA) is 60.8 Å². The van der Waals surface area contributed by atoms with Crippen LogP contribution < -0.4 is 0 Å². The molecule has 10 heavy (non-hydrogen) atoms. The molecule has 1 fully saturated rings. The highest BCUT2D eigenvalue weighted by atomic mass is 16.4. The van der Waals surface area contributed by atoms with Crippen LogP contribution in [0.5, 0.6) is 0 Å². The first kappa shape index (κ1) is 7.34. The smallest absolute Gasteiger partial charge is 0.407 e. The summed E-state index contributed by atoms with van der Waals surface area (Å²) in [6.07, 6.45) is -0.933. The van der Waals surface area contributed by atoms with E-state index in [0.29, 0.717) is 12.5 Å². The van der Waals surface area contributed by atoms with Gasteiger partial charge < -0.3 is 15.1 Å². The predicted octanol–water partition coefficient (Wildman–Crippen LogP) is -0.0230. The zero-order valence-electron chi connectivity index (χ0n) is 5.82. The van der Waals surface area contributed by atoms with Crippen LogP contribution in [0.1, 0.15) is 6.92 Å². The van der Waals surface area contributed by atoms with Crippen molar-refractivity contribution >= 4 is 6.09 Å². The summed E-state index contributed by atoms with van der Waals surface area (Å²) in [7, 11) is 0. The highest BCUT2D eigenvalue weighted by Crippen LogP contribution is 2.23. The van der Waals surface area contributed by atoms with Crippen molar-refractivity contribution in [2.75, 3.05) is 13.2 Å². The van der Waals surface area contributed by atoms with Crippen LogP contribution in [0.3, 0.4) is 0 Å². The number of carbonyl (C=O) groups is 1. The highest BCUT2D eigenvalue weighted by molar-refractivity contribution is 5.66. The van der Waals surface area contributed by atoms with Crippen molar-refractivity contribution in [3.63, 3.8) is 0 Å². The quantitative estimate of drug-likeness (QED) is 0.545.